The molecule has 2 atom stereocenters. The molecule has 6 rings (SSSR count). The Morgan fingerprint density at radius 1 is 1.03 bits per heavy atom. The Labute approximate surface area is 215 Å². The fraction of sp³-hybridized carbons (Fsp3) is 0.481. The second-order valence-electron chi connectivity index (χ2n) is 11.1. The minimum Gasteiger partial charge on any atom is -0.373 e. The van der Waals surface area contributed by atoms with Crippen LogP contribution in [0.3, 0.4) is 0 Å². The van der Waals surface area contributed by atoms with E-state index in [0.717, 1.165) is 54.9 Å². The number of aryl methyl sites for hydroxylation is 1. The van der Waals surface area contributed by atoms with Crippen LogP contribution >= 0.6 is 0 Å². The molecule has 1 saturated carbocycles. The molecule has 194 valence electrons. The van der Waals surface area contributed by atoms with Crippen molar-refractivity contribution in [2.24, 2.45) is 11.8 Å². The average Bonchev–Trinajstić information content (AvgIpc) is 3.24. The van der Waals surface area contributed by atoms with Crippen molar-refractivity contribution >= 4 is 29.1 Å². The van der Waals surface area contributed by atoms with E-state index in [9.17, 15) is 8.78 Å². The number of hydrogen-bond acceptors (Lipinski definition) is 8. The summed E-state index contributed by atoms with van der Waals surface area (Å²) < 4.78 is 28.5. The van der Waals surface area contributed by atoms with E-state index in [4.69, 9.17) is 9.97 Å². The molecule has 1 saturated heterocycles. The molecular formula is C27H32F2N8. The smallest absolute Gasteiger partial charge is 0.226 e. The van der Waals surface area contributed by atoms with Crippen molar-refractivity contribution in [1.29, 1.82) is 0 Å². The van der Waals surface area contributed by atoms with Gasteiger partial charge in [0.05, 0.1) is 5.69 Å². The number of nitrogens with zero attached hydrogens (tertiary/aromatic N) is 6. The van der Waals surface area contributed by atoms with Gasteiger partial charge in [-0.3, -0.25) is 0 Å². The Morgan fingerprint density at radius 2 is 1.78 bits per heavy atom. The van der Waals surface area contributed by atoms with E-state index < -0.39 is 11.6 Å². The van der Waals surface area contributed by atoms with Gasteiger partial charge < -0.3 is 20.4 Å². The fourth-order valence-corrected chi connectivity index (χ4v) is 6.37. The van der Waals surface area contributed by atoms with E-state index in [0.29, 0.717) is 35.8 Å². The standard InChI is InChI=1S/C27H32F2N8/c1-15-9-21(32-14-31-15)36-11-16-5-6-17(12-36)23(16)33-26-34-24(30-4)22-25(35-26)37(13-27(22,2)3)20-8-7-18(28)10-19(20)29/h7-10,14,16-17,23H,5-6,11-13H2,1-4H3,(H2,30,33,34,35). The van der Waals surface area contributed by atoms with Gasteiger partial charge in [-0.15, -0.1) is 0 Å². The molecule has 2 fully saturated rings. The summed E-state index contributed by atoms with van der Waals surface area (Å²) in [7, 11) is 1.84. The van der Waals surface area contributed by atoms with Crippen molar-refractivity contribution in [2.45, 2.75) is 45.1 Å². The minimum atomic E-state index is -0.604. The minimum absolute atomic E-state index is 0.243. The maximum absolute atomic E-state index is 14.8. The van der Waals surface area contributed by atoms with Crippen molar-refractivity contribution < 1.29 is 8.78 Å². The van der Waals surface area contributed by atoms with E-state index in [1.807, 2.05) is 24.9 Å². The van der Waals surface area contributed by atoms with Crippen LogP contribution in [0.4, 0.5) is 37.9 Å². The van der Waals surface area contributed by atoms with Crippen molar-refractivity contribution in [1.82, 2.24) is 19.9 Å². The molecule has 2 unspecified atom stereocenters. The highest BCUT2D eigenvalue weighted by Gasteiger charge is 2.44. The van der Waals surface area contributed by atoms with Crippen LogP contribution in [0.2, 0.25) is 0 Å². The Hall–Kier alpha value is -3.56. The second-order valence-corrected chi connectivity index (χ2v) is 11.1. The number of halogens is 2. The number of rotatable bonds is 5. The molecule has 2 bridgehead atoms. The number of fused-ring (bicyclic) bond motifs is 3. The maximum Gasteiger partial charge on any atom is 0.226 e. The van der Waals surface area contributed by atoms with Crippen LogP contribution in [-0.2, 0) is 5.41 Å². The summed E-state index contributed by atoms with van der Waals surface area (Å²) in [6, 6.07) is 5.97. The zero-order valence-electron chi connectivity index (χ0n) is 21.6. The van der Waals surface area contributed by atoms with Gasteiger partial charge in [0.15, 0.2) is 0 Å². The number of anilines is 5. The Kier molecular flexibility index (Phi) is 5.65. The summed E-state index contributed by atoms with van der Waals surface area (Å²) in [6.45, 7) is 8.51. The van der Waals surface area contributed by atoms with E-state index >= 15 is 0 Å². The van der Waals surface area contributed by atoms with Crippen LogP contribution in [0.5, 0.6) is 0 Å². The van der Waals surface area contributed by atoms with Crippen molar-refractivity contribution in [2.75, 3.05) is 47.1 Å². The molecule has 0 spiro atoms. The zero-order valence-corrected chi connectivity index (χ0v) is 21.6. The van der Waals surface area contributed by atoms with E-state index in [-0.39, 0.29) is 11.5 Å². The van der Waals surface area contributed by atoms with Crippen molar-refractivity contribution in [3.8, 4) is 0 Å². The summed E-state index contributed by atoms with van der Waals surface area (Å²) in [4.78, 5) is 22.7. The Bertz CT molecular complexity index is 1330. The van der Waals surface area contributed by atoms with Gasteiger partial charge in [-0.25, -0.2) is 18.7 Å². The highest BCUT2D eigenvalue weighted by Crippen LogP contribution is 2.47. The third-order valence-corrected chi connectivity index (χ3v) is 8.06. The van der Waals surface area contributed by atoms with Gasteiger partial charge in [0.2, 0.25) is 5.95 Å². The second kappa shape index (κ2) is 8.78. The number of benzene rings is 1. The van der Waals surface area contributed by atoms with E-state index in [1.54, 1.807) is 6.33 Å². The summed E-state index contributed by atoms with van der Waals surface area (Å²) >= 11 is 0. The summed E-state index contributed by atoms with van der Waals surface area (Å²) in [6.07, 6.45) is 3.89. The molecule has 37 heavy (non-hydrogen) atoms. The first kappa shape index (κ1) is 23.8. The average molecular weight is 507 g/mol. The molecule has 4 heterocycles. The van der Waals surface area contributed by atoms with Crippen LogP contribution in [-0.4, -0.2) is 52.7 Å². The quantitative estimate of drug-likeness (QED) is 0.518. The predicted molar refractivity (Wildman–Crippen MR) is 141 cm³/mol. The van der Waals surface area contributed by atoms with Gasteiger partial charge in [0.25, 0.3) is 0 Å². The van der Waals surface area contributed by atoms with Gasteiger partial charge in [0.1, 0.15) is 35.4 Å². The molecule has 10 heteroatoms. The lowest BCUT2D eigenvalue weighted by Gasteiger charge is -2.39. The van der Waals surface area contributed by atoms with Crippen molar-refractivity contribution in [3.63, 3.8) is 0 Å². The highest BCUT2D eigenvalue weighted by atomic mass is 19.1. The van der Waals surface area contributed by atoms with Gasteiger partial charge >= 0.3 is 0 Å². The lowest BCUT2D eigenvalue weighted by molar-refractivity contribution is 0.375. The van der Waals surface area contributed by atoms with Gasteiger partial charge in [0, 0.05) is 61.5 Å². The number of piperidine rings is 1. The molecule has 1 aromatic carbocycles. The van der Waals surface area contributed by atoms with E-state index in [2.05, 4.69) is 39.3 Å². The van der Waals surface area contributed by atoms with Crippen LogP contribution in [0.15, 0.2) is 30.6 Å². The first-order chi connectivity index (χ1) is 17.7. The SMILES string of the molecule is CNc1nc(NC2C3CCC2CN(c2cc(C)ncn2)C3)nc2c1C(C)(C)CN2c1ccc(F)cc1F. The lowest BCUT2D eigenvalue weighted by atomic mass is 9.88. The molecule has 2 aromatic heterocycles. The summed E-state index contributed by atoms with van der Waals surface area (Å²) in [5.74, 6) is 2.56. The summed E-state index contributed by atoms with van der Waals surface area (Å²) in [5, 5.41) is 6.89. The molecule has 3 aromatic rings. The molecule has 8 nitrogen and oxygen atoms in total. The summed E-state index contributed by atoms with van der Waals surface area (Å²) in [5.41, 5.74) is 1.89. The third kappa shape index (κ3) is 4.12. The fourth-order valence-electron chi connectivity index (χ4n) is 6.37. The van der Waals surface area contributed by atoms with Gasteiger partial charge in [-0.1, -0.05) is 13.8 Å². The number of hydrogen-bond donors (Lipinski definition) is 2. The monoisotopic (exact) mass is 506 g/mol. The Balaban J connectivity index is 1.31. The molecular weight excluding hydrogens is 474 g/mol. The topological polar surface area (TPSA) is 82.1 Å². The van der Waals surface area contributed by atoms with Gasteiger partial charge in [-0.05, 0) is 43.7 Å². The van der Waals surface area contributed by atoms with Crippen molar-refractivity contribution in [3.05, 3.63) is 53.5 Å². The highest BCUT2D eigenvalue weighted by molar-refractivity contribution is 5.76. The normalized spacial score (nSPS) is 23.8. The first-order valence-corrected chi connectivity index (χ1v) is 12.9. The maximum atomic E-state index is 14.8. The van der Waals surface area contributed by atoms with Crippen LogP contribution in [0.1, 0.15) is 37.9 Å². The molecule has 2 aliphatic heterocycles. The van der Waals surface area contributed by atoms with Crippen LogP contribution < -0.4 is 20.4 Å². The Morgan fingerprint density at radius 3 is 2.46 bits per heavy atom. The van der Waals surface area contributed by atoms with E-state index in [1.165, 1.54) is 12.1 Å². The largest absolute Gasteiger partial charge is 0.373 e. The predicted octanol–water partition coefficient (Wildman–Crippen LogP) is 4.65. The lowest BCUT2D eigenvalue weighted by Crippen LogP contribution is -2.48. The molecule has 2 N–H and O–H groups in total. The zero-order chi connectivity index (χ0) is 25.9. The third-order valence-electron chi connectivity index (χ3n) is 8.06. The first-order valence-electron chi connectivity index (χ1n) is 12.9. The molecule has 0 radical (unpaired) electrons. The molecule has 3 aliphatic rings. The molecule has 0 amide bonds. The number of aromatic nitrogens is 4. The van der Waals surface area contributed by atoms with Gasteiger partial charge in [-0.2, -0.15) is 9.97 Å². The van der Waals surface area contributed by atoms with Crippen LogP contribution in [0, 0.1) is 30.4 Å². The molecule has 1 aliphatic carbocycles. The van der Waals surface area contributed by atoms with Crippen LogP contribution in [0.25, 0.3) is 0 Å². The number of nitrogens with one attached hydrogen (secondary N) is 2.